The number of aromatic amines is 1. The molecule has 0 bridgehead atoms. The minimum absolute atomic E-state index is 0.00699. The van der Waals surface area contributed by atoms with Gasteiger partial charge in [-0.3, -0.25) is 9.69 Å². The molecule has 2 heterocycles. The molecule has 6 heteroatoms. The Labute approximate surface area is 143 Å². The minimum atomic E-state index is -0.385. The second-order valence-corrected chi connectivity index (χ2v) is 6.60. The van der Waals surface area contributed by atoms with Crippen LogP contribution in [0.2, 0.25) is 0 Å². The lowest BCUT2D eigenvalue weighted by atomic mass is 10.0. The monoisotopic (exact) mass is 336 g/mol. The molecule has 0 aliphatic carbocycles. The van der Waals surface area contributed by atoms with E-state index in [1.807, 2.05) is 20.8 Å². The summed E-state index contributed by atoms with van der Waals surface area (Å²) in [5.74, 6) is -0.392. The molecule has 0 spiro atoms. The number of carbonyl (C=O) groups is 2. The number of nitrogens with one attached hydrogen (secondary N) is 1. The standard InChI is InChI=1S/C18H28N2O4/c1-7-23-18(22)15-12(4)16(19-13(15)5)17(21)14(6)20-8-10(2)24-11(3)9-20/h10-11,14,19H,7-9H2,1-6H3/t10-,11+,14-/m0/s1. The van der Waals surface area contributed by atoms with Gasteiger partial charge in [-0.25, -0.2) is 4.79 Å². The number of aromatic nitrogens is 1. The Morgan fingerprint density at radius 1 is 1.29 bits per heavy atom. The van der Waals surface area contributed by atoms with Crippen molar-refractivity contribution in [3.05, 3.63) is 22.5 Å². The molecule has 134 valence electrons. The SMILES string of the molecule is CCOC(=O)c1c(C)[nH]c(C(=O)[C@H](C)N2C[C@@H](C)O[C@@H](C)C2)c1C. The first-order chi connectivity index (χ1) is 11.3. The van der Waals surface area contributed by atoms with E-state index in [1.165, 1.54) is 0 Å². The van der Waals surface area contributed by atoms with Crippen molar-refractivity contribution in [3.8, 4) is 0 Å². The molecular formula is C18H28N2O4. The summed E-state index contributed by atoms with van der Waals surface area (Å²) in [6, 6.07) is -0.273. The number of morpholine rings is 1. The third-order valence-corrected chi connectivity index (χ3v) is 4.54. The van der Waals surface area contributed by atoms with Crippen LogP contribution in [0.1, 0.15) is 59.8 Å². The highest BCUT2D eigenvalue weighted by atomic mass is 16.5. The zero-order valence-electron chi connectivity index (χ0n) is 15.4. The summed E-state index contributed by atoms with van der Waals surface area (Å²) in [7, 11) is 0. The maximum atomic E-state index is 13.0. The number of Topliss-reactive ketones (excluding diaryl/α,β-unsaturated/α-hetero) is 1. The van der Waals surface area contributed by atoms with Crippen molar-refractivity contribution in [1.29, 1.82) is 0 Å². The predicted octanol–water partition coefficient (Wildman–Crippen LogP) is 2.49. The molecule has 0 radical (unpaired) electrons. The fourth-order valence-electron chi connectivity index (χ4n) is 3.41. The van der Waals surface area contributed by atoms with Crippen molar-refractivity contribution in [1.82, 2.24) is 9.88 Å². The highest BCUT2D eigenvalue weighted by Crippen LogP contribution is 2.23. The lowest BCUT2D eigenvalue weighted by Crippen LogP contribution is -2.51. The predicted molar refractivity (Wildman–Crippen MR) is 91.6 cm³/mol. The molecule has 0 unspecified atom stereocenters. The van der Waals surface area contributed by atoms with Gasteiger partial charge in [0.25, 0.3) is 0 Å². The summed E-state index contributed by atoms with van der Waals surface area (Å²) in [4.78, 5) is 30.3. The van der Waals surface area contributed by atoms with Gasteiger partial charge >= 0.3 is 5.97 Å². The quantitative estimate of drug-likeness (QED) is 0.661. The van der Waals surface area contributed by atoms with Crippen LogP contribution in [-0.4, -0.2) is 59.6 Å². The number of aryl methyl sites for hydroxylation is 1. The number of ketones is 1. The summed E-state index contributed by atoms with van der Waals surface area (Å²) in [6.07, 6.45) is 0.205. The number of H-pyrrole nitrogens is 1. The van der Waals surface area contributed by atoms with Crippen LogP contribution in [0.25, 0.3) is 0 Å². The average molecular weight is 336 g/mol. The van der Waals surface area contributed by atoms with Gasteiger partial charge in [0.15, 0.2) is 5.78 Å². The minimum Gasteiger partial charge on any atom is -0.462 e. The van der Waals surface area contributed by atoms with E-state index in [0.29, 0.717) is 29.1 Å². The van der Waals surface area contributed by atoms with Crippen molar-refractivity contribution in [2.75, 3.05) is 19.7 Å². The van der Waals surface area contributed by atoms with E-state index in [4.69, 9.17) is 9.47 Å². The lowest BCUT2D eigenvalue weighted by Gasteiger charge is -2.38. The summed E-state index contributed by atoms with van der Waals surface area (Å²) < 4.78 is 10.8. The van der Waals surface area contributed by atoms with Gasteiger partial charge in [-0.15, -0.1) is 0 Å². The van der Waals surface area contributed by atoms with Crippen molar-refractivity contribution < 1.29 is 19.1 Å². The fraction of sp³-hybridized carbons (Fsp3) is 0.667. The number of rotatable bonds is 5. The van der Waals surface area contributed by atoms with Gasteiger partial charge in [-0.2, -0.15) is 0 Å². The summed E-state index contributed by atoms with van der Waals surface area (Å²) in [6.45, 7) is 13.1. The van der Waals surface area contributed by atoms with E-state index in [9.17, 15) is 9.59 Å². The summed E-state index contributed by atoms with van der Waals surface area (Å²) in [5, 5.41) is 0. The molecule has 6 nitrogen and oxygen atoms in total. The molecule has 0 aromatic carbocycles. The Morgan fingerprint density at radius 3 is 2.42 bits per heavy atom. The maximum absolute atomic E-state index is 13.0. The van der Waals surface area contributed by atoms with Gasteiger partial charge in [0, 0.05) is 18.8 Å². The topological polar surface area (TPSA) is 71.6 Å². The van der Waals surface area contributed by atoms with Crippen LogP contribution >= 0.6 is 0 Å². The third kappa shape index (κ3) is 3.70. The van der Waals surface area contributed by atoms with E-state index in [-0.39, 0.29) is 30.0 Å². The molecule has 0 saturated carbocycles. The molecule has 1 aromatic heterocycles. The van der Waals surface area contributed by atoms with E-state index in [2.05, 4.69) is 9.88 Å². The van der Waals surface area contributed by atoms with E-state index in [0.717, 1.165) is 13.1 Å². The van der Waals surface area contributed by atoms with E-state index in [1.54, 1.807) is 20.8 Å². The number of esters is 1. The number of hydrogen-bond donors (Lipinski definition) is 1. The van der Waals surface area contributed by atoms with Gasteiger partial charge in [-0.05, 0) is 47.1 Å². The number of nitrogens with zero attached hydrogens (tertiary/aromatic N) is 1. The van der Waals surface area contributed by atoms with Crippen molar-refractivity contribution in [2.45, 2.75) is 59.8 Å². The Balaban J connectivity index is 2.23. The molecule has 1 N–H and O–H groups in total. The number of carbonyl (C=O) groups excluding carboxylic acids is 2. The molecule has 1 saturated heterocycles. The van der Waals surface area contributed by atoms with Crippen molar-refractivity contribution in [3.63, 3.8) is 0 Å². The summed E-state index contributed by atoms with van der Waals surface area (Å²) in [5.41, 5.74) is 2.30. The van der Waals surface area contributed by atoms with Crippen molar-refractivity contribution in [2.24, 2.45) is 0 Å². The van der Waals surface area contributed by atoms with Crippen LogP contribution in [0.5, 0.6) is 0 Å². The summed E-state index contributed by atoms with van der Waals surface area (Å²) >= 11 is 0. The normalized spacial score (nSPS) is 23.1. The van der Waals surface area contributed by atoms with Crippen LogP contribution in [0, 0.1) is 13.8 Å². The molecule has 3 atom stereocenters. The second-order valence-electron chi connectivity index (χ2n) is 6.60. The van der Waals surface area contributed by atoms with Crippen LogP contribution < -0.4 is 0 Å². The Hall–Kier alpha value is -1.66. The highest BCUT2D eigenvalue weighted by Gasteiger charge is 2.32. The first-order valence-electron chi connectivity index (χ1n) is 8.56. The molecule has 1 fully saturated rings. The zero-order chi connectivity index (χ0) is 18.0. The Kier molecular flexibility index (Phi) is 5.83. The molecule has 1 aliphatic rings. The first-order valence-corrected chi connectivity index (χ1v) is 8.56. The van der Waals surface area contributed by atoms with Gasteiger partial charge in [-0.1, -0.05) is 0 Å². The van der Waals surface area contributed by atoms with E-state index >= 15 is 0 Å². The van der Waals surface area contributed by atoms with Crippen LogP contribution in [0.4, 0.5) is 0 Å². The van der Waals surface area contributed by atoms with E-state index < -0.39 is 0 Å². The number of hydrogen-bond acceptors (Lipinski definition) is 5. The van der Waals surface area contributed by atoms with Crippen LogP contribution in [0.3, 0.4) is 0 Å². The molecule has 24 heavy (non-hydrogen) atoms. The molecule has 2 rings (SSSR count). The molecule has 0 amide bonds. The molecular weight excluding hydrogens is 308 g/mol. The molecule has 1 aromatic rings. The van der Waals surface area contributed by atoms with Gasteiger partial charge in [0.1, 0.15) is 0 Å². The fourth-order valence-corrected chi connectivity index (χ4v) is 3.41. The smallest absolute Gasteiger partial charge is 0.340 e. The van der Waals surface area contributed by atoms with Crippen LogP contribution in [0.15, 0.2) is 0 Å². The highest BCUT2D eigenvalue weighted by molar-refractivity contribution is 6.03. The van der Waals surface area contributed by atoms with Crippen molar-refractivity contribution >= 4 is 11.8 Å². The van der Waals surface area contributed by atoms with Gasteiger partial charge in [0.2, 0.25) is 0 Å². The zero-order valence-corrected chi connectivity index (χ0v) is 15.4. The largest absolute Gasteiger partial charge is 0.462 e. The average Bonchev–Trinajstić information content (AvgIpc) is 2.80. The van der Waals surface area contributed by atoms with Gasteiger partial charge < -0.3 is 14.5 Å². The Bertz CT molecular complexity index is 613. The van der Waals surface area contributed by atoms with Gasteiger partial charge in [0.05, 0.1) is 36.1 Å². The lowest BCUT2D eigenvalue weighted by molar-refractivity contribution is -0.0744. The number of ether oxygens (including phenoxy) is 2. The first kappa shape index (κ1) is 18.7. The Morgan fingerprint density at radius 2 is 1.88 bits per heavy atom. The molecule has 1 aliphatic heterocycles. The second kappa shape index (κ2) is 7.49. The maximum Gasteiger partial charge on any atom is 0.340 e. The van der Waals surface area contributed by atoms with Crippen LogP contribution in [-0.2, 0) is 9.47 Å². The third-order valence-electron chi connectivity index (χ3n) is 4.54.